The molecule has 0 atom stereocenters. The first kappa shape index (κ1) is 20.3. The van der Waals surface area contributed by atoms with Gasteiger partial charge in [0.05, 0.1) is 21.2 Å². The maximum atomic E-state index is 12.9. The highest BCUT2D eigenvalue weighted by atomic mass is 35.5. The Balaban J connectivity index is 1.84. The van der Waals surface area contributed by atoms with Gasteiger partial charge in [-0.15, -0.1) is 0 Å². The van der Waals surface area contributed by atoms with E-state index < -0.39 is 11.7 Å². The van der Waals surface area contributed by atoms with Gasteiger partial charge in [-0.1, -0.05) is 23.7 Å². The second-order valence-corrected chi connectivity index (χ2v) is 7.57. The number of anilines is 1. The third-order valence-electron chi connectivity index (χ3n) is 3.85. The third kappa shape index (κ3) is 4.69. The molecule has 1 aliphatic heterocycles. The Hall–Kier alpha value is -2.45. The first-order valence-electron chi connectivity index (χ1n) is 8.07. The molecule has 1 amide bonds. The lowest BCUT2D eigenvalue weighted by Crippen LogP contribution is -2.19. The molecule has 1 heterocycles. The van der Waals surface area contributed by atoms with Gasteiger partial charge < -0.3 is 10.2 Å². The number of amidine groups is 1. The quantitative estimate of drug-likeness (QED) is 0.677. The summed E-state index contributed by atoms with van der Waals surface area (Å²) in [6.07, 6.45) is -2.81. The molecule has 0 aromatic heterocycles. The summed E-state index contributed by atoms with van der Waals surface area (Å²) >= 11 is 6.99. The van der Waals surface area contributed by atoms with E-state index in [1.165, 1.54) is 0 Å². The Morgan fingerprint density at radius 2 is 1.82 bits per heavy atom. The number of halogens is 4. The fraction of sp³-hybridized carbons (Fsp3) is 0.158. The molecule has 0 radical (unpaired) electrons. The minimum atomic E-state index is -4.50. The van der Waals surface area contributed by atoms with Crippen molar-refractivity contribution >= 4 is 51.9 Å². The molecule has 0 unspecified atom stereocenters. The van der Waals surface area contributed by atoms with Gasteiger partial charge in [0.15, 0.2) is 5.17 Å². The van der Waals surface area contributed by atoms with Crippen LogP contribution in [0.1, 0.15) is 11.1 Å². The second kappa shape index (κ2) is 7.89. The molecule has 0 aliphatic carbocycles. The van der Waals surface area contributed by atoms with Crippen molar-refractivity contribution in [3.63, 3.8) is 0 Å². The molecule has 1 N–H and O–H groups in total. The van der Waals surface area contributed by atoms with E-state index in [1.54, 1.807) is 6.08 Å². The van der Waals surface area contributed by atoms with E-state index >= 15 is 0 Å². The Kier molecular flexibility index (Phi) is 5.71. The topological polar surface area (TPSA) is 44.7 Å². The number of rotatable bonds is 3. The Morgan fingerprint density at radius 1 is 1.14 bits per heavy atom. The van der Waals surface area contributed by atoms with Crippen LogP contribution in [-0.4, -0.2) is 25.2 Å². The van der Waals surface area contributed by atoms with E-state index in [9.17, 15) is 18.0 Å². The summed E-state index contributed by atoms with van der Waals surface area (Å²) in [5, 5.41) is 2.78. The van der Waals surface area contributed by atoms with Crippen molar-refractivity contribution in [2.75, 3.05) is 19.0 Å². The van der Waals surface area contributed by atoms with Gasteiger partial charge in [0.2, 0.25) is 0 Å². The zero-order valence-corrected chi connectivity index (χ0v) is 16.4. The molecule has 2 aromatic carbocycles. The summed E-state index contributed by atoms with van der Waals surface area (Å²) in [4.78, 5) is 18.6. The zero-order chi connectivity index (χ0) is 20.5. The predicted octanol–water partition coefficient (Wildman–Crippen LogP) is 5.32. The number of aliphatic imine (C=N–C) groups is 1. The highest BCUT2D eigenvalue weighted by Crippen LogP contribution is 2.36. The molecule has 28 heavy (non-hydrogen) atoms. The van der Waals surface area contributed by atoms with E-state index in [2.05, 4.69) is 10.3 Å². The van der Waals surface area contributed by atoms with Gasteiger partial charge in [0, 0.05) is 19.8 Å². The molecule has 9 heteroatoms. The van der Waals surface area contributed by atoms with Crippen molar-refractivity contribution in [2.45, 2.75) is 6.18 Å². The summed E-state index contributed by atoms with van der Waals surface area (Å²) in [6.45, 7) is 0. The number of nitrogens with one attached hydrogen (secondary N) is 1. The Bertz CT molecular complexity index is 969. The van der Waals surface area contributed by atoms with Crippen molar-refractivity contribution < 1.29 is 18.0 Å². The average molecular weight is 426 g/mol. The minimum Gasteiger partial charge on any atom is -0.378 e. The van der Waals surface area contributed by atoms with Gasteiger partial charge in [-0.05, 0) is 53.7 Å². The van der Waals surface area contributed by atoms with Gasteiger partial charge >= 0.3 is 6.18 Å². The van der Waals surface area contributed by atoms with E-state index in [4.69, 9.17) is 11.6 Å². The summed E-state index contributed by atoms with van der Waals surface area (Å²) in [5.74, 6) is -0.372. The predicted molar refractivity (Wildman–Crippen MR) is 108 cm³/mol. The molecule has 3 rings (SSSR count). The number of amides is 1. The van der Waals surface area contributed by atoms with Crippen molar-refractivity contribution in [3.05, 3.63) is 63.5 Å². The van der Waals surface area contributed by atoms with E-state index in [-0.39, 0.29) is 21.8 Å². The lowest BCUT2D eigenvalue weighted by molar-refractivity contribution is -0.137. The molecule has 0 saturated carbocycles. The number of nitrogens with zero attached hydrogens (tertiary/aromatic N) is 2. The second-order valence-electron chi connectivity index (χ2n) is 6.13. The maximum absolute atomic E-state index is 12.9. The minimum absolute atomic E-state index is 0.0594. The number of carbonyl (C=O) groups is 1. The smallest absolute Gasteiger partial charge is 0.378 e. The largest absolute Gasteiger partial charge is 0.416 e. The third-order valence-corrected chi connectivity index (χ3v) is 5.08. The van der Waals surface area contributed by atoms with Gasteiger partial charge in [-0.2, -0.15) is 13.2 Å². The first-order valence-corrected chi connectivity index (χ1v) is 9.26. The summed E-state index contributed by atoms with van der Waals surface area (Å²) in [6, 6.07) is 10.4. The van der Waals surface area contributed by atoms with Crippen LogP contribution in [-0.2, 0) is 11.0 Å². The van der Waals surface area contributed by atoms with Crippen LogP contribution in [0.3, 0.4) is 0 Å². The molecular formula is C19H15ClF3N3OS. The summed E-state index contributed by atoms with van der Waals surface area (Å²) < 4.78 is 38.6. The molecule has 1 aliphatic rings. The van der Waals surface area contributed by atoms with Crippen LogP contribution < -0.4 is 10.2 Å². The Morgan fingerprint density at radius 3 is 2.43 bits per heavy atom. The molecule has 0 spiro atoms. The van der Waals surface area contributed by atoms with Gasteiger partial charge in [-0.25, -0.2) is 4.99 Å². The maximum Gasteiger partial charge on any atom is 0.416 e. The lowest BCUT2D eigenvalue weighted by Gasteiger charge is -2.11. The van der Waals surface area contributed by atoms with Gasteiger partial charge in [-0.3, -0.25) is 4.79 Å². The van der Waals surface area contributed by atoms with Crippen molar-refractivity contribution in [1.82, 2.24) is 5.32 Å². The standard InChI is InChI=1S/C19H15ClF3N3OS/c1-26(2)13-6-3-11(4-7-13)9-16-17(27)25-18(28-16)24-15-10-12(19(21,22)23)5-8-14(15)20/h3-10H,1-2H3,(H,24,25,27)/b16-9-. The normalized spacial score (nSPS) is 17.3. The van der Waals surface area contributed by atoms with Crippen LogP contribution >= 0.6 is 23.4 Å². The fourth-order valence-electron chi connectivity index (χ4n) is 2.38. The Labute approximate surface area is 169 Å². The number of alkyl halides is 3. The van der Waals surface area contributed by atoms with E-state index in [0.717, 1.165) is 41.2 Å². The molecule has 2 aromatic rings. The number of carbonyl (C=O) groups excluding carboxylic acids is 1. The highest BCUT2D eigenvalue weighted by molar-refractivity contribution is 8.18. The monoisotopic (exact) mass is 425 g/mol. The molecule has 4 nitrogen and oxygen atoms in total. The first-order chi connectivity index (χ1) is 13.1. The van der Waals surface area contributed by atoms with E-state index in [0.29, 0.717) is 4.91 Å². The van der Waals surface area contributed by atoms with Crippen LogP contribution in [0.4, 0.5) is 24.5 Å². The van der Waals surface area contributed by atoms with Crippen molar-refractivity contribution in [3.8, 4) is 0 Å². The van der Waals surface area contributed by atoms with Crippen molar-refractivity contribution in [2.24, 2.45) is 4.99 Å². The molecule has 1 saturated heterocycles. The summed E-state index contributed by atoms with van der Waals surface area (Å²) in [5.41, 5.74) is 0.923. The van der Waals surface area contributed by atoms with Gasteiger partial charge in [0.1, 0.15) is 0 Å². The number of hydrogen-bond acceptors (Lipinski definition) is 4. The molecule has 0 bridgehead atoms. The number of hydrogen-bond donors (Lipinski definition) is 1. The van der Waals surface area contributed by atoms with Crippen LogP contribution in [0.15, 0.2) is 52.4 Å². The van der Waals surface area contributed by atoms with Gasteiger partial charge in [0.25, 0.3) is 5.91 Å². The highest BCUT2D eigenvalue weighted by Gasteiger charge is 2.31. The number of thioether (sulfide) groups is 1. The molecule has 146 valence electrons. The average Bonchev–Trinajstić information content (AvgIpc) is 2.95. The fourth-order valence-corrected chi connectivity index (χ4v) is 3.38. The SMILES string of the molecule is CN(C)c1ccc(/C=C2\SC(=Nc3cc(C(F)(F)F)ccc3Cl)NC2=O)cc1. The van der Waals surface area contributed by atoms with Crippen LogP contribution in [0.25, 0.3) is 6.08 Å². The summed E-state index contributed by atoms with van der Waals surface area (Å²) in [7, 11) is 3.85. The molecule has 1 fully saturated rings. The van der Waals surface area contributed by atoms with E-state index in [1.807, 2.05) is 43.3 Å². The van der Waals surface area contributed by atoms with Crippen molar-refractivity contribution in [1.29, 1.82) is 0 Å². The van der Waals surface area contributed by atoms with Crippen LogP contribution in [0.5, 0.6) is 0 Å². The lowest BCUT2D eigenvalue weighted by atomic mass is 10.2. The van der Waals surface area contributed by atoms with Crippen LogP contribution in [0, 0.1) is 0 Å². The van der Waals surface area contributed by atoms with Crippen LogP contribution in [0.2, 0.25) is 5.02 Å². The number of benzene rings is 2. The molecular weight excluding hydrogens is 411 g/mol. The zero-order valence-electron chi connectivity index (χ0n) is 14.8.